The van der Waals surface area contributed by atoms with Crippen LogP contribution in [0.2, 0.25) is 0 Å². The van der Waals surface area contributed by atoms with Crippen LogP contribution in [0.15, 0.2) is 82.6 Å². The van der Waals surface area contributed by atoms with Gasteiger partial charge in [0.05, 0.1) is 31.8 Å². The Morgan fingerprint density at radius 1 is 0.971 bits per heavy atom. The lowest BCUT2D eigenvalue weighted by Crippen LogP contribution is -2.36. The van der Waals surface area contributed by atoms with Crippen molar-refractivity contribution in [1.82, 2.24) is 14.8 Å². The smallest absolute Gasteiger partial charge is 0.234 e. The van der Waals surface area contributed by atoms with E-state index < -0.39 is 0 Å². The predicted molar refractivity (Wildman–Crippen MR) is 132 cm³/mol. The summed E-state index contributed by atoms with van der Waals surface area (Å²) in [7, 11) is 0. The first-order valence-electron chi connectivity index (χ1n) is 11.1. The van der Waals surface area contributed by atoms with Crippen molar-refractivity contribution >= 4 is 29.0 Å². The van der Waals surface area contributed by atoms with Crippen molar-refractivity contribution in [2.24, 2.45) is 0 Å². The van der Waals surface area contributed by atoms with E-state index in [0.717, 1.165) is 54.8 Å². The number of nitrogens with one attached hydrogen (secondary N) is 1. The van der Waals surface area contributed by atoms with Crippen LogP contribution in [0.1, 0.15) is 5.76 Å². The summed E-state index contributed by atoms with van der Waals surface area (Å²) in [5.41, 5.74) is 2.86. The van der Waals surface area contributed by atoms with Crippen molar-refractivity contribution in [3.8, 4) is 11.4 Å². The highest BCUT2D eigenvalue weighted by Crippen LogP contribution is 2.26. The van der Waals surface area contributed by atoms with Crippen molar-refractivity contribution < 1.29 is 13.9 Å². The highest BCUT2D eigenvalue weighted by molar-refractivity contribution is 7.99. The van der Waals surface area contributed by atoms with E-state index in [1.165, 1.54) is 11.8 Å². The summed E-state index contributed by atoms with van der Waals surface area (Å²) >= 11 is 1.35. The molecule has 2 aromatic carbocycles. The highest BCUT2D eigenvalue weighted by Gasteiger charge is 2.17. The lowest BCUT2D eigenvalue weighted by molar-refractivity contribution is -0.113. The van der Waals surface area contributed by atoms with Crippen LogP contribution < -0.4 is 10.2 Å². The Bertz CT molecular complexity index is 1200. The van der Waals surface area contributed by atoms with E-state index in [9.17, 15) is 4.79 Å². The third kappa shape index (κ3) is 5.32. The second-order valence-electron chi connectivity index (χ2n) is 7.82. The molecule has 0 bridgehead atoms. The molecule has 0 unspecified atom stereocenters. The van der Waals surface area contributed by atoms with Gasteiger partial charge in [0, 0.05) is 30.0 Å². The SMILES string of the molecule is O=C(CSc1nnc(-c2ccccc2)n1Cc1ccco1)Nc1ccc(N2CCOCC2)cc1. The number of benzene rings is 2. The van der Waals surface area contributed by atoms with Crippen LogP contribution in [0.5, 0.6) is 0 Å². The standard InChI is InChI=1S/C25H25N5O3S/c31-23(26-20-8-10-21(11-9-20)29-12-15-32-16-13-29)18-34-25-28-27-24(19-5-2-1-3-6-19)30(25)17-22-7-4-14-33-22/h1-11,14H,12-13,15-18H2,(H,26,31). The molecule has 0 radical (unpaired) electrons. The van der Waals surface area contributed by atoms with Gasteiger partial charge in [-0.05, 0) is 36.4 Å². The van der Waals surface area contributed by atoms with Gasteiger partial charge in [0.25, 0.3) is 0 Å². The first-order chi connectivity index (χ1) is 16.8. The Hall–Kier alpha value is -3.56. The number of anilines is 2. The van der Waals surface area contributed by atoms with Crippen LogP contribution in [0.4, 0.5) is 11.4 Å². The molecule has 1 N–H and O–H groups in total. The number of nitrogens with zero attached hydrogens (tertiary/aromatic N) is 4. The number of aromatic nitrogens is 3. The van der Waals surface area contributed by atoms with E-state index in [1.807, 2.05) is 71.3 Å². The Morgan fingerprint density at radius 2 is 1.76 bits per heavy atom. The molecule has 3 heterocycles. The minimum atomic E-state index is -0.0991. The highest BCUT2D eigenvalue weighted by atomic mass is 32.2. The van der Waals surface area contributed by atoms with Crippen molar-refractivity contribution in [2.45, 2.75) is 11.7 Å². The number of rotatable bonds is 8. The average molecular weight is 476 g/mol. The summed E-state index contributed by atoms with van der Waals surface area (Å²) in [4.78, 5) is 14.9. The molecule has 1 aliphatic rings. The van der Waals surface area contributed by atoms with Gasteiger partial charge in [0.1, 0.15) is 5.76 Å². The van der Waals surface area contributed by atoms with Gasteiger partial charge in [-0.25, -0.2) is 0 Å². The molecular weight excluding hydrogens is 450 g/mol. The molecule has 9 heteroatoms. The lowest BCUT2D eigenvalue weighted by Gasteiger charge is -2.28. The third-order valence-corrected chi connectivity index (χ3v) is 6.47. The molecule has 1 aliphatic heterocycles. The molecule has 1 fully saturated rings. The number of ether oxygens (including phenoxy) is 1. The fourth-order valence-electron chi connectivity index (χ4n) is 3.80. The molecule has 0 spiro atoms. The van der Waals surface area contributed by atoms with Crippen LogP contribution in [-0.2, 0) is 16.1 Å². The quantitative estimate of drug-likeness (QED) is 0.383. The van der Waals surface area contributed by atoms with Crippen LogP contribution in [-0.4, -0.2) is 52.7 Å². The average Bonchev–Trinajstić information content (AvgIpc) is 3.55. The zero-order chi connectivity index (χ0) is 23.2. The van der Waals surface area contributed by atoms with Crippen LogP contribution in [0.25, 0.3) is 11.4 Å². The number of hydrogen-bond donors (Lipinski definition) is 1. The maximum Gasteiger partial charge on any atom is 0.234 e. The molecule has 5 rings (SSSR count). The minimum Gasteiger partial charge on any atom is -0.467 e. The van der Waals surface area contributed by atoms with Crippen molar-refractivity contribution in [3.63, 3.8) is 0 Å². The molecule has 2 aromatic heterocycles. The normalized spacial score (nSPS) is 13.7. The van der Waals surface area contributed by atoms with E-state index >= 15 is 0 Å². The zero-order valence-corrected chi connectivity index (χ0v) is 19.4. The molecule has 1 amide bonds. The topological polar surface area (TPSA) is 85.4 Å². The Morgan fingerprint density at radius 3 is 2.50 bits per heavy atom. The van der Waals surface area contributed by atoms with Gasteiger partial charge in [-0.2, -0.15) is 0 Å². The van der Waals surface area contributed by atoms with Gasteiger partial charge in [-0.3, -0.25) is 9.36 Å². The molecule has 1 saturated heterocycles. The van der Waals surface area contributed by atoms with E-state index in [2.05, 4.69) is 20.4 Å². The molecule has 0 saturated carbocycles. The fraction of sp³-hybridized carbons (Fsp3) is 0.240. The summed E-state index contributed by atoms with van der Waals surface area (Å²) in [6, 6.07) is 21.6. The van der Waals surface area contributed by atoms with Crippen molar-refractivity contribution in [1.29, 1.82) is 0 Å². The lowest BCUT2D eigenvalue weighted by atomic mass is 10.2. The van der Waals surface area contributed by atoms with Crippen LogP contribution in [0, 0.1) is 0 Å². The maximum absolute atomic E-state index is 12.6. The number of thioether (sulfide) groups is 1. The van der Waals surface area contributed by atoms with Gasteiger partial charge in [0.2, 0.25) is 5.91 Å². The van der Waals surface area contributed by atoms with Gasteiger partial charge in [-0.1, -0.05) is 42.1 Å². The van der Waals surface area contributed by atoms with E-state index in [0.29, 0.717) is 11.7 Å². The molecule has 0 atom stereocenters. The van der Waals surface area contributed by atoms with Gasteiger partial charge >= 0.3 is 0 Å². The number of carbonyl (C=O) groups is 1. The number of hydrogen-bond acceptors (Lipinski definition) is 7. The van der Waals surface area contributed by atoms with Gasteiger partial charge in [-0.15, -0.1) is 10.2 Å². The van der Waals surface area contributed by atoms with Crippen molar-refractivity contribution in [2.75, 3.05) is 42.3 Å². The monoisotopic (exact) mass is 475 g/mol. The van der Waals surface area contributed by atoms with Crippen molar-refractivity contribution in [3.05, 3.63) is 78.8 Å². The van der Waals surface area contributed by atoms with Gasteiger partial charge in [0.15, 0.2) is 11.0 Å². The van der Waals surface area contributed by atoms with E-state index in [1.54, 1.807) is 6.26 Å². The third-order valence-electron chi connectivity index (χ3n) is 5.50. The predicted octanol–water partition coefficient (Wildman–Crippen LogP) is 4.15. The Kier molecular flexibility index (Phi) is 6.92. The second kappa shape index (κ2) is 10.6. The summed E-state index contributed by atoms with van der Waals surface area (Å²) in [6.45, 7) is 3.73. The molecule has 34 heavy (non-hydrogen) atoms. The molecule has 174 valence electrons. The molecule has 8 nitrogen and oxygen atoms in total. The second-order valence-corrected chi connectivity index (χ2v) is 8.76. The first kappa shape index (κ1) is 22.2. The maximum atomic E-state index is 12.6. The number of amides is 1. The van der Waals surface area contributed by atoms with E-state index in [-0.39, 0.29) is 11.7 Å². The molecular formula is C25H25N5O3S. The Labute approximate surface area is 201 Å². The summed E-state index contributed by atoms with van der Waals surface area (Å²) in [5.74, 6) is 1.65. The Balaban J connectivity index is 1.24. The molecule has 4 aromatic rings. The minimum absolute atomic E-state index is 0.0991. The number of carbonyl (C=O) groups excluding carboxylic acids is 1. The largest absolute Gasteiger partial charge is 0.467 e. The molecule has 0 aliphatic carbocycles. The summed E-state index contributed by atoms with van der Waals surface area (Å²) < 4.78 is 12.9. The summed E-state index contributed by atoms with van der Waals surface area (Å²) in [6.07, 6.45) is 1.65. The van der Waals surface area contributed by atoms with E-state index in [4.69, 9.17) is 9.15 Å². The van der Waals surface area contributed by atoms with Crippen LogP contribution in [0.3, 0.4) is 0 Å². The van der Waals surface area contributed by atoms with Crippen LogP contribution >= 0.6 is 11.8 Å². The van der Waals surface area contributed by atoms with Gasteiger partial charge < -0.3 is 19.4 Å². The first-order valence-corrected chi connectivity index (χ1v) is 12.1. The summed E-state index contributed by atoms with van der Waals surface area (Å²) in [5, 5.41) is 12.4. The number of furan rings is 1. The zero-order valence-electron chi connectivity index (χ0n) is 18.6. The number of morpholine rings is 1. The fourth-order valence-corrected chi connectivity index (χ4v) is 4.54.